The second kappa shape index (κ2) is 4.50. The van der Waals surface area contributed by atoms with E-state index >= 15 is 0 Å². The first-order valence-corrected chi connectivity index (χ1v) is 8.84. The largest absolute Gasteiger partial charge is 0.456 e. The number of hydrogen-bond donors (Lipinski definition) is 0. The second-order valence-electron chi connectivity index (χ2n) is 7.56. The van der Waals surface area contributed by atoms with Crippen LogP contribution in [0.25, 0.3) is 44.0 Å². The monoisotopic (exact) mass is 336 g/mol. The molecule has 0 aliphatic heterocycles. The normalized spacial score (nSPS) is 14.8. The standard InChI is InChI=1S/C23H16N2O/c1-23(2)17-4-3-8-25-22(17)15-5-6-18-20(21(15)23)16-10-13-7-9-24-12-14(13)11-19(16)26-18/h3-12H,1-2H3. The molecule has 3 nitrogen and oxygen atoms in total. The molecule has 6 rings (SSSR count). The summed E-state index contributed by atoms with van der Waals surface area (Å²) in [5.74, 6) is 0. The van der Waals surface area contributed by atoms with Crippen LogP contribution in [0.1, 0.15) is 25.0 Å². The van der Waals surface area contributed by atoms with Crippen LogP contribution in [-0.2, 0) is 5.41 Å². The number of furan rings is 1. The van der Waals surface area contributed by atoms with E-state index in [2.05, 4.69) is 60.2 Å². The maximum atomic E-state index is 6.23. The molecule has 0 fully saturated rings. The summed E-state index contributed by atoms with van der Waals surface area (Å²) in [6.45, 7) is 4.56. The molecule has 1 aliphatic rings. The second-order valence-corrected chi connectivity index (χ2v) is 7.56. The first kappa shape index (κ1) is 14.0. The van der Waals surface area contributed by atoms with Crippen LogP contribution in [0.15, 0.2) is 65.5 Å². The van der Waals surface area contributed by atoms with E-state index in [1.807, 2.05) is 24.7 Å². The zero-order valence-electron chi connectivity index (χ0n) is 14.6. The van der Waals surface area contributed by atoms with Gasteiger partial charge in [-0.3, -0.25) is 9.97 Å². The molecule has 0 radical (unpaired) electrons. The molecule has 0 spiro atoms. The van der Waals surface area contributed by atoms with Gasteiger partial charge >= 0.3 is 0 Å². The molecular formula is C23H16N2O. The van der Waals surface area contributed by atoms with Crippen molar-refractivity contribution < 1.29 is 4.42 Å². The van der Waals surface area contributed by atoms with E-state index in [-0.39, 0.29) is 5.41 Å². The van der Waals surface area contributed by atoms with Gasteiger partial charge in [0.25, 0.3) is 0 Å². The molecule has 26 heavy (non-hydrogen) atoms. The fourth-order valence-electron chi connectivity index (χ4n) is 4.55. The van der Waals surface area contributed by atoms with Crippen LogP contribution in [0.3, 0.4) is 0 Å². The molecule has 0 saturated heterocycles. The minimum absolute atomic E-state index is 0.109. The molecule has 5 aromatic rings. The Morgan fingerprint density at radius 2 is 1.85 bits per heavy atom. The maximum absolute atomic E-state index is 6.23. The highest BCUT2D eigenvalue weighted by atomic mass is 16.3. The van der Waals surface area contributed by atoms with E-state index in [9.17, 15) is 0 Å². The number of rotatable bonds is 0. The van der Waals surface area contributed by atoms with Crippen molar-refractivity contribution >= 4 is 32.7 Å². The zero-order valence-corrected chi connectivity index (χ0v) is 14.6. The molecule has 2 aromatic carbocycles. The molecule has 3 aromatic heterocycles. The summed E-state index contributed by atoms with van der Waals surface area (Å²) >= 11 is 0. The Labute approximate surface area is 150 Å². The number of benzene rings is 2. The molecule has 0 amide bonds. The Hall–Kier alpha value is -3.20. The van der Waals surface area contributed by atoms with Gasteiger partial charge < -0.3 is 4.42 Å². The van der Waals surface area contributed by atoms with Gasteiger partial charge in [-0.2, -0.15) is 0 Å². The van der Waals surface area contributed by atoms with E-state index in [1.165, 1.54) is 27.5 Å². The highest BCUT2D eigenvalue weighted by molar-refractivity contribution is 6.14. The van der Waals surface area contributed by atoms with Crippen LogP contribution in [0.2, 0.25) is 0 Å². The number of hydrogen-bond acceptors (Lipinski definition) is 3. The summed E-state index contributed by atoms with van der Waals surface area (Å²) in [4.78, 5) is 8.91. The van der Waals surface area contributed by atoms with Crippen molar-refractivity contribution in [2.24, 2.45) is 0 Å². The first-order chi connectivity index (χ1) is 12.6. The molecule has 3 heteroatoms. The van der Waals surface area contributed by atoms with Gasteiger partial charge in [-0.15, -0.1) is 0 Å². The lowest BCUT2D eigenvalue weighted by atomic mass is 9.80. The van der Waals surface area contributed by atoms with Crippen LogP contribution < -0.4 is 0 Å². The smallest absolute Gasteiger partial charge is 0.136 e. The predicted molar refractivity (Wildman–Crippen MR) is 104 cm³/mol. The summed E-state index contributed by atoms with van der Waals surface area (Å²) in [7, 11) is 0. The number of fused-ring (bicyclic) bond motifs is 8. The Morgan fingerprint density at radius 3 is 2.77 bits per heavy atom. The third-order valence-electron chi connectivity index (χ3n) is 5.76. The Morgan fingerprint density at radius 1 is 0.923 bits per heavy atom. The van der Waals surface area contributed by atoms with Gasteiger partial charge in [0.15, 0.2) is 0 Å². The average Bonchev–Trinajstić information content (AvgIpc) is 3.12. The van der Waals surface area contributed by atoms with Gasteiger partial charge in [-0.05, 0) is 52.9 Å². The van der Waals surface area contributed by atoms with Crippen LogP contribution >= 0.6 is 0 Å². The lowest BCUT2D eigenvalue weighted by Gasteiger charge is -2.21. The Kier molecular flexibility index (Phi) is 2.42. The van der Waals surface area contributed by atoms with Crippen molar-refractivity contribution in [3.63, 3.8) is 0 Å². The topological polar surface area (TPSA) is 38.9 Å². The molecule has 0 saturated carbocycles. The molecule has 1 aliphatic carbocycles. The van der Waals surface area contributed by atoms with Crippen LogP contribution in [-0.4, -0.2) is 9.97 Å². The Balaban J connectivity index is 1.83. The fraction of sp³-hybridized carbons (Fsp3) is 0.130. The van der Waals surface area contributed by atoms with Gasteiger partial charge in [-0.25, -0.2) is 0 Å². The number of aromatic nitrogens is 2. The molecule has 124 valence electrons. The minimum atomic E-state index is -0.109. The summed E-state index contributed by atoms with van der Waals surface area (Å²) in [6.07, 6.45) is 5.60. The summed E-state index contributed by atoms with van der Waals surface area (Å²) in [5, 5.41) is 4.65. The summed E-state index contributed by atoms with van der Waals surface area (Å²) < 4.78 is 6.23. The van der Waals surface area contributed by atoms with E-state index in [1.54, 1.807) is 0 Å². The molecule has 0 atom stereocenters. The van der Waals surface area contributed by atoms with Crippen LogP contribution in [0.5, 0.6) is 0 Å². The predicted octanol–water partition coefficient (Wildman–Crippen LogP) is 5.84. The van der Waals surface area contributed by atoms with Crippen molar-refractivity contribution in [1.29, 1.82) is 0 Å². The van der Waals surface area contributed by atoms with Gasteiger partial charge in [0, 0.05) is 45.7 Å². The molecule has 0 unspecified atom stereocenters. The Bertz CT molecular complexity index is 1360. The van der Waals surface area contributed by atoms with E-state index in [0.29, 0.717) is 0 Å². The summed E-state index contributed by atoms with van der Waals surface area (Å²) in [5.41, 5.74) is 6.64. The van der Waals surface area contributed by atoms with Gasteiger partial charge in [0.2, 0.25) is 0 Å². The third-order valence-corrected chi connectivity index (χ3v) is 5.76. The van der Waals surface area contributed by atoms with E-state index < -0.39 is 0 Å². The van der Waals surface area contributed by atoms with Crippen molar-refractivity contribution in [3.8, 4) is 11.3 Å². The average molecular weight is 336 g/mol. The number of pyridine rings is 2. The lowest BCUT2D eigenvalue weighted by molar-refractivity contribution is 0.656. The quantitative estimate of drug-likeness (QED) is 0.357. The fourth-order valence-corrected chi connectivity index (χ4v) is 4.55. The third kappa shape index (κ3) is 1.58. The minimum Gasteiger partial charge on any atom is -0.456 e. The molecular weight excluding hydrogens is 320 g/mol. The highest BCUT2D eigenvalue weighted by Gasteiger charge is 2.38. The van der Waals surface area contributed by atoms with Crippen molar-refractivity contribution in [2.75, 3.05) is 0 Å². The molecule has 0 N–H and O–H groups in total. The van der Waals surface area contributed by atoms with Crippen molar-refractivity contribution in [2.45, 2.75) is 19.3 Å². The SMILES string of the molecule is CC1(C)c2cccnc2-c2ccc3oc4cc5cnccc5cc4c3c21. The highest BCUT2D eigenvalue weighted by Crippen LogP contribution is 2.52. The first-order valence-electron chi connectivity index (χ1n) is 8.84. The van der Waals surface area contributed by atoms with E-state index in [4.69, 9.17) is 4.42 Å². The van der Waals surface area contributed by atoms with Crippen molar-refractivity contribution in [3.05, 3.63) is 72.2 Å². The van der Waals surface area contributed by atoms with Crippen LogP contribution in [0.4, 0.5) is 0 Å². The van der Waals surface area contributed by atoms with E-state index in [0.717, 1.165) is 27.6 Å². The van der Waals surface area contributed by atoms with Gasteiger partial charge in [0.05, 0.1) is 5.69 Å². The number of nitrogens with zero attached hydrogens (tertiary/aromatic N) is 2. The molecule has 3 heterocycles. The maximum Gasteiger partial charge on any atom is 0.136 e. The van der Waals surface area contributed by atoms with Gasteiger partial charge in [0.1, 0.15) is 11.2 Å². The van der Waals surface area contributed by atoms with Crippen molar-refractivity contribution in [1.82, 2.24) is 9.97 Å². The van der Waals surface area contributed by atoms with Crippen LogP contribution in [0, 0.1) is 0 Å². The lowest BCUT2D eigenvalue weighted by Crippen LogP contribution is -2.15. The van der Waals surface area contributed by atoms with Gasteiger partial charge in [-0.1, -0.05) is 19.9 Å². The zero-order chi connectivity index (χ0) is 17.5. The summed E-state index contributed by atoms with van der Waals surface area (Å²) in [6, 6.07) is 14.8. The molecule has 0 bridgehead atoms.